The summed E-state index contributed by atoms with van der Waals surface area (Å²) in [4.78, 5) is 0. The van der Waals surface area contributed by atoms with Crippen LogP contribution in [0.1, 0.15) is 32.1 Å². The zero-order valence-electron chi connectivity index (χ0n) is 10.7. The predicted molar refractivity (Wildman–Crippen MR) is 61.5 cm³/mol. The summed E-state index contributed by atoms with van der Waals surface area (Å²) in [6.07, 6.45) is -1.94. The summed E-state index contributed by atoms with van der Waals surface area (Å²) in [6.45, 7) is 1.10. The maximum absolute atomic E-state index is 11.9. The van der Waals surface area contributed by atoms with E-state index in [4.69, 9.17) is 15.2 Å². The Morgan fingerprint density at radius 2 is 1.89 bits per heavy atom. The van der Waals surface area contributed by atoms with Crippen molar-refractivity contribution >= 4 is 0 Å². The van der Waals surface area contributed by atoms with E-state index in [1.54, 1.807) is 0 Å². The molecular formula is C12H20F3NO3. The van der Waals surface area contributed by atoms with Crippen molar-refractivity contribution in [3.8, 4) is 0 Å². The molecule has 0 aromatic carbocycles. The SMILES string of the molecule is N[C@@H]1CC[C@@H](CCOC2CC(OC(F)(F)F)C2)OC1. The Labute approximate surface area is 110 Å². The van der Waals surface area contributed by atoms with Crippen LogP contribution in [0.15, 0.2) is 0 Å². The molecule has 112 valence electrons. The average molecular weight is 283 g/mol. The lowest BCUT2D eigenvalue weighted by molar-refractivity contribution is -0.357. The quantitative estimate of drug-likeness (QED) is 0.838. The highest BCUT2D eigenvalue weighted by atomic mass is 19.4. The Bertz CT molecular complexity index is 274. The van der Waals surface area contributed by atoms with Crippen molar-refractivity contribution < 1.29 is 27.4 Å². The van der Waals surface area contributed by atoms with Crippen LogP contribution >= 0.6 is 0 Å². The molecule has 0 radical (unpaired) electrons. The zero-order chi connectivity index (χ0) is 13.9. The van der Waals surface area contributed by atoms with Crippen LogP contribution in [0.3, 0.4) is 0 Å². The monoisotopic (exact) mass is 283 g/mol. The molecule has 0 bridgehead atoms. The van der Waals surface area contributed by atoms with Gasteiger partial charge in [0.1, 0.15) is 0 Å². The first-order valence-electron chi connectivity index (χ1n) is 6.65. The molecule has 2 atom stereocenters. The van der Waals surface area contributed by atoms with Crippen molar-refractivity contribution in [2.45, 2.75) is 62.8 Å². The molecule has 1 saturated heterocycles. The Morgan fingerprint density at radius 1 is 1.16 bits per heavy atom. The van der Waals surface area contributed by atoms with Gasteiger partial charge in [-0.25, -0.2) is 0 Å². The minimum Gasteiger partial charge on any atom is -0.378 e. The summed E-state index contributed by atoms with van der Waals surface area (Å²) >= 11 is 0. The van der Waals surface area contributed by atoms with Crippen LogP contribution in [-0.4, -0.2) is 43.9 Å². The number of rotatable bonds is 5. The molecule has 0 unspecified atom stereocenters. The number of halogens is 3. The van der Waals surface area contributed by atoms with Gasteiger partial charge in [0.15, 0.2) is 0 Å². The van der Waals surface area contributed by atoms with Crippen molar-refractivity contribution in [2.24, 2.45) is 5.73 Å². The molecule has 2 N–H and O–H groups in total. The van der Waals surface area contributed by atoms with Crippen LogP contribution in [0.5, 0.6) is 0 Å². The van der Waals surface area contributed by atoms with Crippen LogP contribution in [0.4, 0.5) is 13.2 Å². The Balaban J connectivity index is 1.49. The number of hydrogen-bond donors (Lipinski definition) is 1. The topological polar surface area (TPSA) is 53.7 Å². The van der Waals surface area contributed by atoms with E-state index in [0.717, 1.165) is 19.3 Å². The lowest BCUT2D eigenvalue weighted by Crippen LogP contribution is -2.41. The Hall–Kier alpha value is -0.370. The highest BCUT2D eigenvalue weighted by Crippen LogP contribution is 2.32. The van der Waals surface area contributed by atoms with E-state index in [-0.39, 0.29) is 18.2 Å². The lowest BCUT2D eigenvalue weighted by Gasteiger charge is -2.35. The third kappa shape index (κ3) is 5.25. The van der Waals surface area contributed by atoms with Crippen LogP contribution in [0, 0.1) is 0 Å². The van der Waals surface area contributed by atoms with Gasteiger partial charge in [0.2, 0.25) is 0 Å². The van der Waals surface area contributed by atoms with Gasteiger partial charge >= 0.3 is 6.36 Å². The summed E-state index contributed by atoms with van der Waals surface area (Å²) in [5, 5.41) is 0. The van der Waals surface area contributed by atoms with Crippen molar-refractivity contribution in [1.29, 1.82) is 0 Å². The molecule has 0 amide bonds. The number of hydrogen-bond acceptors (Lipinski definition) is 4. The fourth-order valence-electron chi connectivity index (χ4n) is 2.36. The molecule has 0 aromatic heterocycles. The maximum Gasteiger partial charge on any atom is 0.522 e. The van der Waals surface area contributed by atoms with Gasteiger partial charge in [0.25, 0.3) is 0 Å². The summed E-state index contributed by atoms with van der Waals surface area (Å²) in [6, 6.07) is 0.129. The van der Waals surface area contributed by atoms with Gasteiger partial charge in [0.05, 0.1) is 24.9 Å². The first kappa shape index (κ1) is 15.0. The Kier molecular flexibility index (Phi) is 5.05. The van der Waals surface area contributed by atoms with Crippen LogP contribution in [-0.2, 0) is 14.2 Å². The molecule has 1 saturated carbocycles. The van der Waals surface area contributed by atoms with Crippen molar-refractivity contribution in [3.05, 3.63) is 0 Å². The van der Waals surface area contributed by atoms with Crippen molar-refractivity contribution in [3.63, 3.8) is 0 Å². The van der Waals surface area contributed by atoms with E-state index >= 15 is 0 Å². The third-order valence-electron chi connectivity index (χ3n) is 3.55. The first-order valence-corrected chi connectivity index (χ1v) is 6.65. The molecule has 7 heteroatoms. The van der Waals surface area contributed by atoms with Gasteiger partial charge in [-0.15, -0.1) is 13.2 Å². The fourth-order valence-corrected chi connectivity index (χ4v) is 2.36. The second kappa shape index (κ2) is 6.39. The molecule has 19 heavy (non-hydrogen) atoms. The van der Waals surface area contributed by atoms with Crippen molar-refractivity contribution in [1.82, 2.24) is 0 Å². The summed E-state index contributed by atoms with van der Waals surface area (Å²) in [5.41, 5.74) is 5.71. The lowest BCUT2D eigenvalue weighted by atomic mass is 9.92. The van der Waals surface area contributed by atoms with Crippen molar-refractivity contribution in [2.75, 3.05) is 13.2 Å². The molecule has 1 aliphatic heterocycles. The van der Waals surface area contributed by atoms with E-state index in [1.807, 2.05) is 0 Å². The van der Waals surface area contributed by atoms with Crippen LogP contribution in [0.2, 0.25) is 0 Å². The number of nitrogens with two attached hydrogens (primary N) is 1. The summed E-state index contributed by atoms with van der Waals surface area (Å²) in [7, 11) is 0. The largest absolute Gasteiger partial charge is 0.522 e. The van der Waals surface area contributed by atoms with Gasteiger partial charge in [-0.2, -0.15) is 0 Å². The summed E-state index contributed by atoms with van der Waals surface area (Å²) in [5.74, 6) is 0. The van der Waals surface area contributed by atoms with E-state index in [0.29, 0.717) is 26.1 Å². The fraction of sp³-hybridized carbons (Fsp3) is 1.00. The molecule has 2 rings (SSSR count). The average Bonchev–Trinajstić information content (AvgIpc) is 2.26. The highest BCUT2D eigenvalue weighted by Gasteiger charge is 2.40. The normalized spacial score (nSPS) is 36.0. The van der Waals surface area contributed by atoms with E-state index < -0.39 is 12.5 Å². The molecular weight excluding hydrogens is 263 g/mol. The molecule has 1 heterocycles. The summed E-state index contributed by atoms with van der Waals surface area (Å²) < 4.78 is 50.6. The molecule has 0 spiro atoms. The molecule has 4 nitrogen and oxygen atoms in total. The van der Waals surface area contributed by atoms with Gasteiger partial charge in [-0.1, -0.05) is 0 Å². The number of ether oxygens (including phenoxy) is 3. The highest BCUT2D eigenvalue weighted by molar-refractivity contribution is 4.81. The van der Waals surface area contributed by atoms with Gasteiger partial charge in [0, 0.05) is 25.5 Å². The molecule has 2 aliphatic rings. The van der Waals surface area contributed by atoms with Gasteiger partial charge < -0.3 is 15.2 Å². The first-order chi connectivity index (χ1) is 8.92. The van der Waals surface area contributed by atoms with Gasteiger partial charge in [-0.05, 0) is 19.3 Å². The standard InChI is InChI=1S/C12H20F3NO3/c13-12(14,15)19-11-5-10(6-11)17-4-3-9-2-1-8(16)7-18-9/h8-11H,1-7,16H2/t8-,9+,10?,11?/m1/s1. The molecule has 1 aliphatic carbocycles. The minimum absolute atomic E-state index is 0.113. The Morgan fingerprint density at radius 3 is 2.47 bits per heavy atom. The van der Waals surface area contributed by atoms with Gasteiger partial charge in [-0.3, -0.25) is 4.74 Å². The van der Waals surface area contributed by atoms with E-state index in [2.05, 4.69) is 4.74 Å². The molecule has 0 aromatic rings. The van der Waals surface area contributed by atoms with Crippen LogP contribution < -0.4 is 5.73 Å². The number of alkyl halides is 3. The second-order valence-corrected chi connectivity index (χ2v) is 5.23. The maximum atomic E-state index is 11.9. The minimum atomic E-state index is -4.54. The van der Waals surface area contributed by atoms with E-state index in [9.17, 15) is 13.2 Å². The van der Waals surface area contributed by atoms with E-state index in [1.165, 1.54) is 0 Å². The zero-order valence-corrected chi connectivity index (χ0v) is 10.7. The van der Waals surface area contributed by atoms with Crippen LogP contribution in [0.25, 0.3) is 0 Å². The smallest absolute Gasteiger partial charge is 0.378 e. The third-order valence-corrected chi connectivity index (χ3v) is 3.55. The second-order valence-electron chi connectivity index (χ2n) is 5.23. The molecule has 2 fully saturated rings. The predicted octanol–water partition coefficient (Wildman–Crippen LogP) is 1.97.